The van der Waals surface area contributed by atoms with Gasteiger partial charge in [-0.15, -0.1) is 0 Å². The Morgan fingerprint density at radius 3 is 2.56 bits per heavy atom. The lowest BCUT2D eigenvalue weighted by Crippen LogP contribution is -2.16. The number of ether oxygens (including phenoxy) is 1. The van der Waals surface area contributed by atoms with Crippen molar-refractivity contribution in [1.29, 1.82) is 0 Å². The molecule has 0 aromatic heterocycles. The average Bonchev–Trinajstić information content (AvgIpc) is 2.26. The fraction of sp³-hybridized carbons (Fsp3) is 0.417. The first-order chi connectivity index (χ1) is 7.61. The van der Waals surface area contributed by atoms with Crippen molar-refractivity contribution < 1.29 is 14.6 Å². The number of carbonyl (C=O) groups is 1. The molecule has 0 radical (unpaired) electrons. The molecule has 3 nitrogen and oxygen atoms in total. The summed E-state index contributed by atoms with van der Waals surface area (Å²) >= 11 is 5.77. The van der Waals surface area contributed by atoms with Crippen LogP contribution >= 0.6 is 11.6 Å². The number of aliphatic carboxylic acids is 1. The summed E-state index contributed by atoms with van der Waals surface area (Å²) in [7, 11) is 1.54. The monoisotopic (exact) mass is 242 g/mol. The first kappa shape index (κ1) is 13.0. The number of hydrogen-bond acceptors (Lipinski definition) is 2. The predicted molar refractivity (Wildman–Crippen MR) is 62.8 cm³/mol. The molecular formula is C12H15ClO3. The van der Waals surface area contributed by atoms with Crippen molar-refractivity contribution in [2.24, 2.45) is 0 Å². The van der Waals surface area contributed by atoms with Crippen molar-refractivity contribution in [2.45, 2.75) is 25.4 Å². The molecule has 88 valence electrons. The van der Waals surface area contributed by atoms with E-state index in [2.05, 4.69) is 0 Å². The van der Waals surface area contributed by atoms with Gasteiger partial charge in [-0.25, -0.2) is 0 Å². The maximum atomic E-state index is 10.5. The van der Waals surface area contributed by atoms with Crippen LogP contribution in [0.4, 0.5) is 0 Å². The van der Waals surface area contributed by atoms with E-state index < -0.39 is 5.97 Å². The highest BCUT2D eigenvalue weighted by atomic mass is 35.5. The summed E-state index contributed by atoms with van der Waals surface area (Å²) in [5, 5.41) is 9.36. The van der Waals surface area contributed by atoms with Gasteiger partial charge in [0.25, 0.3) is 0 Å². The molecule has 1 aromatic carbocycles. The lowest BCUT2D eigenvalue weighted by molar-refractivity contribution is -0.139. The van der Waals surface area contributed by atoms with Gasteiger partial charge in [-0.1, -0.05) is 23.7 Å². The number of carboxylic acids is 1. The maximum absolute atomic E-state index is 10.5. The van der Waals surface area contributed by atoms with Crippen LogP contribution in [0.25, 0.3) is 0 Å². The van der Waals surface area contributed by atoms with E-state index in [1.807, 2.05) is 24.3 Å². The first-order valence-corrected chi connectivity index (χ1v) is 5.48. The van der Waals surface area contributed by atoms with Crippen LogP contribution in [-0.4, -0.2) is 24.3 Å². The second-order valence-corrected chi connectivity index (χ2v) is 4.06. The second-order valence-electron chi connectivity index (χ2n) is 3.62. The summed E-state index contributed by atoms with van der Waals surface area (Å²) in [6, 6.07) is 7.54. The number of rotatable bonds is 6. The molecule has 0 heterocycles. The maximum Gasteiger partial charge on any atom is 0.305 e. The summed E-state index contributed by atoms with van der Waals surface area (Å²) in [6.07, 6.45) is 1.31. The lowest BCUT2D eigenvalue weighted by atomic mass is 10.1. The van der Waals surface area contributed by atoms with Crippen molar-refractivity contribution in [1.82, 2.24) is 0 Å². The molecule has 0 saturated heterocycles. The van der Waals surface area contributed by atoms with Gasteiger partial charge < -0.3 is 9.84 Å². The second kappa shape index (κ2) is 6.51. The van der Waals surface area contributed by atoms with E-state index in [1.165, 1.54) is 7.11 Å². The van der Waals surface area contributed by atoms with E-state index >= 15 is 0 Å². The van der Waals surface area contributed by atoms with Gasteiger partial charge in [-0.05, 0) is 30.5 Å². The molecule has 0 spiro atoms. The van der Waals surface area contributed by atoms with E-state index in [1.54, 1.807) is 0 Å². The zero-order valence-corrected chi connectivity index (χ0v) is 9.91. The minimum absolute atomic E-state index is 0.0457. The third kappa shape index (κ3) is 4.64. The Bertz CT molecular complexity index is 335. The van der Waals surface area contributed by atoms with Crippen LogP contribution in [0, 0.1) is 0 Å². The van der Waals surface area contributed by atoms with Gasteiger partial charge in [-0.2, -0.15) is 0 Å². The zero-order valence-electron chi connectivity index (χ0n) is 9.15. The number of methoxy groups -OCH3 is 1. The number of hydrogen-bond donors (Lipinski definition) is 1. The molecule has 0 aliphatic carbocycles. The van der Waals surface area contributed by atoms with E-state index in [4.69, 9.17) is 21.4 Å². The Kier molecular flexibility index (Phi) is 5.29. The van der Waals surface area contributed by atoms with Crippen LogP contribution in [-0.2, 0) is 16.0 Å². The minimum atomic E-state index is -0.831. The van der Waals surface area contributed by atoms with Crippen LogP contribution in [0.5, 0.6) is 0 Å². The van der Waals surface area contributed by atoms with Crippen LogP contribution in [0.15, 0.2) is 24.3 Å². The fourth-order valence-electron chi connectivity index (χ4n) is 1.48. The van der Waals surface area contributed by atoms with Gasteiger partial charge >= 0.3 is 5.97 Å². The van der Waals surface area contributed by atoms with E-state index in [9.17, 15) is 4.79 Å². The van der Waals surface area contributed by atoms with E-state index in [0.29, 0.717) is 11.4 Å². The summed E-state index contributed by atoms with van der Waals surface area (Å²) in [6.45, 7) is 0. The van der Waals surface area contributed by atoms with Crippen molar-refractivity contribution in [3.8, 4) is 0 Å². The Morgan fingerprint density at radius 2 is 2.06 bits per heavy atom. The third-order valence-electron chi connectivity index (χ3n) is 2.40. The van der Waals surface area contributed by atoms with Crippen LogP contribution in [0.2, 0.25) is 5.02 Å². The van der Waals surface area contributed by atoms with Gasteiger partial charge in [0.2, 0.25) is 0 Å². The Labute approximate surface area is 100.0 Å². The van der Waals surface area contributed by atoms with Crippen molar-refractivity contribution in [2.75, 3.05) is 7.11 Å². The molecule has 0 bridgehead atoms. The predicted octanol–water partition coefficient (Wildman–Crippen LogP) is 2.76. The smallest absolute Gasteiger partial charge is 0.305 e. The van der Waals surface area contributed by atoms with Gasteiger partial charge in [0.05, 0.1) is 12.5 Å². The lowest BCUT2D eigenvalue weighted by Gasteiger charge is -2.12. The molecule has 0 aliphatic rings. The number of halogens is 1. The van der Waals surface area contributed by atoms with Gasteiger partial charge in [-0.3, -0.25) is 4.79 Å². The molecule has 0 amide bonds. The summed E-state index contributed by atoms with van der Waals surface area (Å²) in [4.78, 5) is 10.5. The Morgan fingerprint density at radius 1 is 1.44 bits per heavy atom. The average molecular weight is 243 g/mol. The molecule has 0 saturated carbocycles. The van der Waals surface area contributed by atoms with Gasteiger partial charge in [0.15, 0.2) is 0 Å². The van der Waals surface area contributed by atoms with E-state index in [0.717, 1.165) is 12.0 Å². The van der Waals surface area contributed by atoms with Crippen molar-refractivity contribution in [3.05, 3.63) is 34.9 Å². The Hall–Kier alpha value is -1.06. The highest BCUT2D eigenvalue weighted by Gasteiger charge is 2.11. The highest BCUT2D eigenvalue weighted by molar-refractivity contribution is 6.30. The molecule has 0 fully saturated rings. The molecule has 0 aliphatic heterocycles. The molecule has 1 rings (SSSR count). The number of aryl methyl sites for hydroxylation is 1. The SMILES string of the molecule is COC(CCc1ccc(Cl)cc1)CC(=O)O. The fourth-order valence-corrected chi connectivity index (χ4v) is 1.60. The molecular weight excluding hydrogens is 228 g/mol. The molecule has 1 atom stereocenters. The highest BCUT2D eigenvalue weighted by Crippen LogP contribution is 2.13. The quantitative estimate of drug-likeness (QED) is 0.834. The topological polar surface area (TPSA) is 46.5 Å². The molecule has 1 unspecified atom stereocenters. The number of benzene rings is 1. The van der Waals surface area contributed by atoms with Crippen LogP contribution in [0.1, 0.15) is 18.4 Å². The molecule has 4 heteroatoms. The van der Waals surface area contributed by atoms with E-state index in [-0.39, 0.29) is 12.5 Å². The summed E-state index contributed by atoms with van der Waals surface area (Å²) in [5.74, 6) is -0.831. The first-order valence-electron chi connectivity index (χ1n) is 5.11. The molecule has 1 aromatic rings. The van der Waals surface area contributed by atoms with Crippen LogP contribution in [0.3, 0.4) is 0 Å². The number of carboxylic acid groups (broad SMARTS) is 1. The van der Waals surface area contributed by atoms with Crippen molar-refractivity contribution in [3.63, 3.8) is 0 Å². The largest absolute Gasteiger partial charge is 0.481 e. The summed E-state index contributed by atoms with van der Waals surface area (Å²) in [5.41, 5.74) is 1.14. The zero-order chi connectivity index (χ0) is 12.0. The van der Waals surface area contributed by atoms with Crippen LogP contribution < -0.4 is 0 Å². The normalized spacial score (nSPS) is 12.4. The third-order valence-corrected chi connectivity index (χ3v) is 2.66. The van der Waals surface area contributed by atoms with Crippen molar-refractivity contribution >= 4 is 17.6 Å². The standard InChI is InChI=1S/C12H15ClO3/c1-16-11(8-12(14)15)7-4-9-2-5-10(13)6-3-9/h2-3,5-6,11H,4,7-8H2,1H3,(H,14,15). The van der Waals surface area contributed by atoms with Gasteiger partial charge in [0, 0.05) is 12.1 Å². The molecule has 16 heavy (non-hydrogen) atoms. The Balaban J connectivity index is 2.43. The van der Waals surface area contributed by atoms with Gasteiger partial charge in [0.1, 0.15) is 0 Å². The summed E-state index contributed by atoms with van der Waals surface area (Å²) < 4.78 is 5.10. The molecule has 1 N–H and O–H groups in total. The minimum Gasteiger partial charge on any atom is -0.481 e.